The van der Waals surface area contributed by atoms with Gasteiger partial charge in [0.05, 0.1) is 7.11 Å². The molecule has 0 aromatic rings. The third-order valence-electron chi connectivity index (χ3n) is 4.11. The average molecular weight is 297 g/mol. The van der Waals surface area contributed by atoms with Crippen LogP contribution in [0.4, 0.5) is 0 Å². The van der Waals surface area contributed by atoms with Gasteiger partial charge in [0.25, 0.3) is 5.91 Å². The van der Waals surface area contributed by atoms with Gasteiger partial charge < -0.3 is 15.3 Å². The maximum Gasteiger partial charge on any atom is 0.265 e. The molecule has 7 nitrogen and oxygen atoms in total. The van der Waals surface area contributed by atoms with E-state index in [0.717, 1.165) is 13.2 Å². The first-order valence-electron chi connectivity index (χ1n) is 6.66. The van der Waals surface area contributed by atoms with E-state index >= 15 is 0 Å². The summed E-state index contributed by atoms with van der Waals surface area (Å²) in [6.07, 6.45) is 1.19. The molecule has 3 N–H and O–H groups in total. The van der Waals surface area contributed by atoms with Crippen LogP contribution in [-0.4, -0.2) is 57.1 Å². The fourth-order valence-corrected chi connectivity index (χ4v) is 3.09. The number of amides is 1. The van der Waals surface area contributed by atoms with Crippen molar-refractivity contribution in [1.82, 2.24) is 5.06 Å². The van der Waals surface area contributed by atoms with Gasteiger partial charge in [-0.1, -0.05) is 19.1 Å². The fraction of sp³-hybridized carbons (Fsp3) is 0.571. The molecule has 1 amide bonds. The summed E-state index contributed by atoms with van der Waals surface area (Å²) in [6, 6.07) is 0. The summed E-state index contributed by atoms with van der Waals surface area (Å²) in [7, 11) is 1.16. The second-order valence-electron chi connectivity index (χ2n) is 5.35. The van der Waals surface area contributed by atoms with E-state index in [1.807, 2.05) is 6.92 Å². The van der Waals surface area contributed by atoms with E-state index in [9.17, 15) is 24.9 Å². The lowest BCUT2D eigenvalue weighted by atomic mass is 9.66. The van der Waals surface area contributed by atoms with Gasteiger partial charge in [-0.25, -0.2) is 0 Å². The van der Waals surface area contributed by atoms with Crippen LogP contribution in [0.25, 0.3) is 0 Å². The minimum Gasteiger partial charge on any atom is -0.386 e. The fourth-order valence-electron chi connectivity index (χ4n) is 3.09. The molecule has 116 valence electrons. The Bertz CT molecular complexity index is 538. The Morgan fingerprint density at radius 1 is 1.38 bits per heavy atom. The van der Waals surface area contributed by atoms with E-state index in [1.54, 1.807) is 6.08 Å². The number of carbonyl (C=O) groups is 2. The molecule has 2 rings (SSSR count). The van der Waals surface area contributed by atoms with Crippen LogP contribution >= 0.6 is 0 Å². The monoisotopic (exact) mass is 297 g/mol. The van der Waals surface area contributed by atoms with Gasteiger partial charge in [-0.05, 0) is 25.0 Å². The quantitative estimate of drug-likeness (QED) is 0.621. The Balaban J connectivity index is 2.72. The molecule has 1 aliphatic heterocycles. The van der Waals surface area contributed by atoms with E-state index in [-0.39, 0.29) is 5.57 Å². The summed E-state index contributed by atoms with van der Waals surface area (Å²) < 4.78 is 0. The van der Waals surface area contributed by atoms with Crippen LogP contribution < -0.4 is 0 Å². The molecule has 21 heavy (non-hydrogen) atoms. The van der Waals surface area contributed by atoms with Gasteiger partial charge in [-0.15, -0.1) is 0 Å². The molecule has 0 bridgehead atoms. The van der Waals surface area contributed by atoms with Gasteiger partial charge >= 0.3 is 0 Å². The van der Waals surface area contributed by atoms with Gasteiger partial charge in [0.2, 0.25) is 0 Å². The minimum atomic E-state index is -2.06. The number of allylic oxidation sites excluding steroid dienone is 2. The second-order valence-corrected chi connectivity index (χ2v) is 5.35. The smallest absolute Gasteiger partial charge is 0.265 e. The average Bonchev–Trinajstić information content (AvgIpc) is 2.57. The summed E-state index contributed by atoms with van der Waals surface area (Å²) in [5, 5.41) is 31.8. The molecular weight excluding hydrogens is 278 g/mol. The molecule has 0 aromatic heterocycles. The summed E-state index contributed by atoms with van der Waals surface area (Å²) in [5.41, 5.74) is -3.73. The van der Waals surface area contributed by atoms with Crippen LogP contribution in [0.5, 0.6) is 0 Å². The Hall–Kier alpha value is -1.54. The molecule has 0 radical (unpaired) electrons. The second kappa shape index (κ2) is 5.03. The molecule has 2 aliphatic rings. The molecule has 1 heterocycles. The number of nitrogens with zero attached hydrogens (tertiary/aromatic N) is 1. The summed E-state index contributed by atoms with van der Waals surface area (Å²) in [6.45, 7) is 3.00. The van der Waals surface area contributed by atoms with Crippen molar-refractivity contribution in [3.63, 3.8) is 0 Å². The third-order valence-corrected chi connectivity index (χ3v) is 4.11. The normalized spacial score (nSPS) is 41.6. The number of aliphatic hydroxyl groups is 3. The van der Waals surface area contributed by atoms with Crippen molar-refractivity contribution in [1.29, 1.82) is 0 Å². The van der Waals surface area contributed by atoms with E-state index in [0.29, 0.717) is 11.5 Å². The Morgan fingerprint density at radius 3 is 2.48 bits per heavy atom. The van der Waals surface area contributed by atoms with Crippen LogP contribution in [0.3, 0.4) is 0 Å². The standard InChI is InChI=1S/C14H19NO6/c1-4-5-8-6-7-9(16)10(17)14(8)11(18)13(2,20)15(21-3)12(14)19/h5-7,10-11,17-18,20H,4H2,1-3H3/b8-5-/t10-,11+,13-,14-/m1/s1. The van der Waals surface area contributed by atoms with E-state index in [2.05, 4.69) is 0 Å². The highest BCUT2D eigenvalue weighted by Gasteiger charge is 2.71. The van der Waals surface area contributed by atoms with Crippen molar-refractivity contribution >= 4 is 11.7 Å². The Morgan fingerprint density at radius 2 is 2.00 bits per heavy atom. The van der Waals surface area contributed by atoms with Gasteiger partial charge in [0.15, 0.2) is 11.5 Å². The van der Waals surface area contributed by atoms with Crippen molar-refractivity contribution < 1.29 is 29.7 Å². The van der Waals surface area contributed by atoms with Crippen LogP contribution in [0, 0.1) is 5.41 Å². The zero-order valence-corrected chi connectivity index (χ0v) is 12.1. The summed E-state index contributed by atoms with van der Waals surface area (Å²) in [5.74, 6) is -1.56. The lowest BCUT2D eigenvalue weighted by Gasteiger charge is -2.38. The van der Waals surface area contributed by atoms with Crippen LogP contribution in [0.2, 0.25) is 0 Å². The molecule has 0 unspecified atom stereocenters. The Labute approximate surface area is 122 Å². The predicted molar refractivity (Wildman–Crippen MR) is 71.4 cm³/mol. The molecule has 0 aromatic carbocycles. The maximum absolute atomic E-state index is 12.7. The van der Waals surface area contributed by atoms with Crippen LogP contribution in [-0.2, 0) is 14.4 Å². The zero-order valence-electron chi connectivity index (χ0n) is 12.1. The highest BCUT2D eigenvalue weighted by molar-refractivity contribution is 6.04. The summed E-state index contributed by atoms with van der Waals surface area (Å²) in [4.78, 5) is 29.4. The number of hydrogen-bond donors (Lipinski definition) is 3. The van der Waals surface area contributed by atoms with E-state index in [1.165, 1.54) is 13.0 Å². The van der Waals surface area contributed by atoms with Gasteiger partial charge in [-0.3, -0.25) is 14.4 Å². The first kappa shape index (κ1) is 15.8. The first-order valence-corrected chi connectivity index (χ1v) is 6.66. The maximum atomic E-state index is 12.7. The zero-order chi connectivity index (χ0) is 16.0. The minimum absolute atomic E-state index is 0.287. The molecule has 1 spiro atoms. The highest BCUT2D eigenvalue weighted by Crippen LogP contribution is 2.51. The van der Waals surface area contributed by atoms with Gasteiger partial charge in [0, 0.05) is 0 Å². The SMILES string of the molecule is CC/C=C1/C=CC(=O)[C@@H](O)[C@]12C(=O)N(OC)[C@](C)(O)[C@@H]2O. The molecule has 7 heteroatoms. The van der Waals surface area contributed by atoms with Gasteiger partial charge in [-0.2, -0.15) is 5.06 Å². The lowest BCUT2D eigenvalue weighted by molar-refractivity contribution is -0.262. The van der Waals surface area contributed by atoms with Crippen LogP contribution in [0.15, 0.2) is 23.8 Å². The third kappa shape index (κ3) is 1.82. The van der Waals surface area contributed by atoms with Crippen molar-refractivity contribution in [2.24, 2.45) is 5.41 Å². The molecule has 1 fully saturated rings. The number of hydrogen-bond acceptors (Lipinski definition) is 6. The van der Waals surface area contributed by atoms with Crippen molar-refractivity contribution in [3.05, 3.63) is 23.8 Å². The van der Waals surface area contributed by atoms with Crippen LogP contribution in [0.1, 0.15) is 20.3 Å². The molecular formula is C14H19NO6. The summed E-state index contributed by atoms with van der Waals surface area (Å²) >= 11 is 0. The lowest BCUT2D eigenvalue weighted by Crippen LogP contribution is -2.56. The number of ketones is 1. The number of carbonyl (C=O) groups excluding carboxylic acids is 2. The van der Waals surface area contributed by atoms with Gasteiger partial charge in [0.1, 0.15) is 17.6 Å². The number of rotatable bonds is 2. The first-order chi connectivity index (χ1) is 9.76. The Kier molecular flexibility index (Phi) is 3.79. The molecule has 1 saturated heterocycles. The molecule has 0 saturated carbocycles. The van der Waals surface area contributed by atoms with Crippen molar-refractivity contribution in [3.8, 4) is 0 Å². The van der Waals surface area contributed by atoms with Crippen molar-refractivity contribution in [2.75, 3.05) is 7.11 Å². The van der Waals surface area contributed by atoms with Crippen molar-refractivity contribution in [2.45, 2.75) is 38.2 Å². The largest absolute Gasteiger partial charge is 0.386 e. The molecule has 1 aliphatic carbocycles. The van der Waals surface area contributed by atoms with E-state index in [4.69, 9.17) is 4.84 Å². The number of hydroxylamine groups is 2. The predicted octanol–water partition coefficient (Wildman–Crippen LogP) is -0.718. The van der Waals surface area contributed by atoms with E-state index < -0.39 is 35.0 Å². The highest BCUT2D eigenvalue weighted by atomic mass is 16.7. The molecule has 4 atom stereocenters. The number of aliphatic hydroxyl groups excluding tert-OH is 2. The topological polar surface area (TPSA) is 107 Å².